The lowest BCUT2D eigenvalue weighted by Crippen LogP contribution is -2.23. The Hall–Kier alpha value is -2.49. The molecule has 100 valence electrons. The molecule has 0 aliphatic rings. The Labute approximate surface area is 115 Å². The normalized spacial score (nSPS) is 10.9. The van der Waals surface area contributed by atoms with Crippen LogP contribution in [0.3, 0.4) is 0 Å². The summed E-state index contributed by atoms with van der Waals surface area (Å²) in [6.07, 6.45) is 0. The van der Waals surface area contributed by atoms with Gasteiger partial charge >= 0.3 is 0 Å². The summed E-state index contributed by atoms with van der Waals surface area (Å²) < 4.78 is 13.4. The van der Waals surface area contributed by atoms with Gasteiger partial charge in [0.05, 0.1) is 5.52 Å². The largest absolute Gasteiger partial charge is 0.343 e. The molecule has 2 aromatic carbocycles. The monoisotopic (exact) mass is 268 g/mol. The molecule has 3 aromatic rings. The first-order valence-corrected chi connectivity index (χ1v) is 6.27. The third-order valence-electron chi connectivity index (χ3n) is 3.27. The number of hydrogen-bond donors (Lipinski definition) is 0. The number of carbonyl (C=O) groups is 1. The number of rotatable bonds is 1. The summed E-state index contributed by atoms with van der Waals surface area (Å²) in [5.41, 5.74) is 1.01. The average Bonchev–Trinajstić information content (AvgIpc) is 2.45. The van der Waals surface area contributed by atoms with Gasteiger partial charge in [0, 0.05) is 24.9 Å². The molecule has 4 heteroatoms. The van der Waals surface area contributed by atoms with Crippen LogP contribution in [-0.4, -0.2) is 29.9 Å². The Morgan fingerprint density at radius 3 is 2.45 bits per heavy atom. The quantitative estimate of drug-likeness (QED) is 0.635. The molecule has 0 bridgehead atoms. The third kappa shape index (κ3) is 1.90. The summed E-state index contributed by atoms with van der Waals surface area (Å²) in [6, 6.07) is 11.8. The Balaban J connectivity index is 2.46. The van der Waals surface area contributed by atoms with Crippen LogP contribution in [-0.2, 0) is 0 Å². The van der Waals surface area contributed by atoms with Gasteiger partial charge in [-0.05, 0) is 23.6 Å². The number of benzene rings is 2. The zero-order chi connectivity index (χ0) is 14.3. The predicted octanol–water partition coefficient (Wildman–Crippen LogP) is 3.23. The molecule has 0 saturated heterocycles. The highest BCUT2D eigenvalue weighted by atomic mass is 19.1. The minimum Gasteiger partial charge on any atom is -0.343 e. The van der Waals surface area contributed by atoms with Crippen molar-refractivity contribution in [3.63, 3.8) is 0 Å². The van der Waals surface area contributed by atoms with E-state index < -0.39 is 0 Å². The molecule has 0 aliphatic heterocycles. The Bertz CT molecular complexity index is 827. The maximum atomic E-state index is 13.4. The molecule has 1 amide bonds. The van der Waals surface area contributed by atoms with Crippen molar-refractivity contribution in [2.45, 2.75) is 0 Å². The topological polar surface area (TPSA) is 33.2 Å². The van der Waals surface area contributed by atoms with Gasteiger partial charge in [-0.1, -0.05) is 24.3 Å². The van der Waals surface area contributed by atoms with Gasteiger partial charge in [-0.15, -0.1) is 0 Å². The van der Waals surface area contributed by atoms with Crippen molar-refractivity contribution in [1.29, 1.82) is 0 Å². The highest BCUT2D eigenvalue weighted by Crippen LogP contribution is 2.27. The maximum Gasteiger partial charge on any atom is 0.272 e. The van der Waals surface area contributed by atoms with Crippen molar-refractivity contribution in [2.75, 3.05) is 14.1 Å². The zero-order valence-corrected chi connectivity index (χ0v) is 11.2. The van der Waals surface area contributed by atoms with E-state index in [2.05, 4.69) is 4.98 Å². The fourth-order valence-corrected chi connectivity index (χ4v) is 2.30. The number of carbonyl (C=O) groups excluding carboxylic acids is 1. The third-order valence-corrected chi connectivity index (χ3v) is 3.27. The lowest BCUT2D eigenvalue weighted by atomic mass is 10.0. The lowest BCUT2D eigenvalue weighted by Gasteiger charge is -2.13. The highest BCUT2D eigenvalue weighted by molar-refractivity contribution is 6.14. The first-order chi connectivity index (χ1) is 9.58. The molecule has 0 atom stereocenters. The fraction of sp³-hybridized carbons (Fsp3) is 0.125. The van der Waals surface area contributed by atoms with Crippen LogP contribution >= 0.6 is 0 Å². The number of pyridine rings is 1. The van der Waals surface area contributed by atoms with E-state index in [9.17, 15) is 9.18 Å². The smallest absolute Gasteiger partial charge is 0.272 e. The van der Waals surface area contributed by atoms with Crippen LogP contribution in [0.5, 0.6) is 0 Å². The Kier molecular flexibility index (Phi) is 2.86. The van der Waals surface area contributed by atoms with E-state index in [-0.39, 0.29) is 11.7 Å². The van der Waals surface area contributed by atoms with Gasteiger partial charge in [-0.25, -0.2) is 9.37 Å². The summed E-state index contributed by atoms with van der Waals surface area (Å²) in [4.78, 5) is 18.2. The molecular formula is C16H13FN2O. The molecule has 0 radical (unpaired) electrons. The first-order valence-electron chi connectivity index (χ1n) is 6.27. The van der Waals surface area contributed by atoms with Crippen molar-refractivity contribution in [1.82, 2.24) is 9.88 Å². The molecule has 3 rings (SSSR count). The maximum absolute atomic E-state index is 13.4. The van der Waals surface area contributed by atoms with Crippen molar-refractivity contribution in [3.8, 4) is 0 Å². The molecule has 0 saturated carbocycles. The fourth-order valence-electron chi connectivity index (χ4n) is 2.30. The molecular weight excluding hydrogens is 255 g/mol. The molecule has 1 aromatic heterocycles. The molecule has 0 unspecified atom stereocenters. The number of aromatic nitrogens is 1. The molecule has 3 nitrogen and oxygen atoms in total. The van der Waals surface area contributed by atoms with Gasteiger partial charge in [-0.3, -0.25) is 4.79 Å². The van der Waals surface area contributed by atoms with Crippen molar-refractivity contribution in [3.05, 3.63) is 54.0 Å². The van der Waals surface area contributed by atoms with Crippen molar-refractivity contribution >= 4 is 27.6 Å². The number of hydrogen-bond acceptors (Lipinski definition) is 2. The standard InChI is InChI=1S/C16H13FN2O/c1-19(2)16(20)15-12-6-4-3-5-11(12)13-9-10(17)7-8-14(13)18-15/h3-9H,1-2H3. The van der Waals surface area contributed by atoms with E-state index in [0.29, 0.717) is 11.2 Å². The Morgan fingerprint density at radius 1 is 1.05 bits per heavy atom. The predicted molar refractivity (Wildman–Crippen MR) is 77.2 cm³/mol. The SMILES string of the molecule is CN(C)C(=O)c1nc2ccc(F)cc2c2ccccc12. The van der Waals surface area contributed by atoms with E-state index in [4.69, 9.17) is 0 Å². The summed E-state index contributed by atoms with van der Waals surface area (Å²) >= 11 is 0. The minimum absolute atomic E-state index is 0.160. The summed E-state index contributed by atoms with van der Waals surface area (Å²) in [7, 11) is 3.38. The van der Waals surface area contributed by atoms with Gasteiger partial charge in [-0.2, -0.15) is 0 Å². The van der Waals surface area contributed by atoms with E-state index in [1.54, 1.807) is 20.2 Å². The molecule has 0 aliphatic carbocycles. The van der Waals surface area contributed by atoms with E-state index in [1.807, 2.05) is 24.3 Å². The second kappa shape index (κ2) is 4.56. The number of nitrogens with zero attached hydrogens (tertiary/aromatic N) is 2. The second-order valence-electron chi connectivity index (χ2n) is 4.87. The molecule has 20 heavy (non-hydrogen) atoms. The highest BCUT2D eigenvalue weighted by Gasteiger charge is 2.16. The number of halogens is 1. The van der Waals surface area contributed by atoms with E-state index in [0.717, 1.165) is 16.2 Å². The average molecular weight is 268 g/mol. The van der Waals surface area contributed by atoms with Gasteiger partial charge in [0.1, 0.15) is 11.5 Å². The molecule has 0 spiro atoms. The zero-order valence-electron chi connectivity index (χ0n) is 11.2. The van der Waals surface area contributed by atoms with Crippen LogP contribution in [0.1, 0.15) is 10.5 Å². The van der Waals surface area contributed by atoms with Crippen LogP contribution in [0.2, 0.25) is 0 Å². The van der Waals surface area contributed by atoms with Crippen LogP contribution in [0.4, 0.5) is 4.39 Å². The summed E-state index contributed by atoms with van der Waals surface area (Å²) in [5.74, 6) is -0.469. The van der Waals surface area contributed by atoms with Gasteiger partial charge in [0.2, 0.25) is 0 Å². The summed E-state index contributed by atoms with van der Waals surface area (Å²) in [6.45, 7) is 0. The first kappa shape index (κ1) is 12.5. The van der Waals surface area contributed by atoms with Crippen LogP contribution in [0, 0.1) is 5.82 Å². The van der Waals surface area contributed by atoms with Crippen LogP contribution in [0.15, 0.2) is 42.5 Å². The molecule has 0 N–H and O–H groups in total. The molecule has 0 fully saturated rings. The van der Waals surface area contributed by atoms with Crippen molar-refractivity contribution in [2.24, 2.45) is 0 Å². The number of amides is 1. The second-order valence-corrected chi connectivity index (χ2v) is 4.87. The minimum atomic E-state index is -0.309. The van der Waals surface area contributed by atoms with E-state index in [1.165, 1.54) is 17.0 Å². The van der Waals surface area contributed by atoms with E-state index >= 15 is 0 Å². The van der Waals surface area contributed by atoms with Crippen LogP contribution in [0.25, 0.3) is 21.7 Å². The van der Waals surface area contributed by atoms with Gasteiger partial charge in [0.25, 0.3) is 5.91 Å². The van der Waals surface area contributed by atoms with Gasteiger partial charge < -0.3 is 4.90 Å². The van der Waals surface area contributed by atoms with Crippen molar-refractivity contribution < 1.29 is 9.18 Å². The van der Waals surface area contributed by atoms with Gasteiger partial charge in [0.15, 0.2) is 0 Å². The molecule has 1 heterocycles. The lowest BCUT2D eigenvalue weighted by molar-refractivity contribution is 0.0824. The summed E-state index contributed by atoms with van der Waals surface area (Å²) in [5, 5.41) is 2.29. The van der Waals surface area contributed by atoms with Crippen LogP contribution < -0.4 is 0 Å². The Morgan fingerprint density at radius 2 is 1.75 bits per heavy atom. The number of fused-ring (bicyclic) bond motifs is 3.